The van der Waals surface area contributed by atoms with Crippen LogP contribution < -0.4 is 11.1 Å². The fraction of sp³-hybridized carbons (Fsp3) is 0.483. The van der Waals surface area contributed by atoms with Gasteiger partial charge in [-0.1, -0.05) is 6.07 Å². The summed E-state index contributed by atoms with van der Waals surface area (Å²) in [6.07, 6.45) is -8.72. The van der Waals surface area contributed by atoms with Crippen molar-refractivity contribution in [2.45, 2.75) is 42.9 Å². The van der Waals surface area contributed by atoms with Gasteiger partial charge >= 0.3 is 0 Å². The zero-order valence-corrected chi connectivity index (χ0v) is 32.1. The predicted molar refractivity (Wildman–Crippen MR) is 196 cm³/mol. The first-order chi connectivity index (χ1) is 22.5. The Kier molecular flexibility index (Phi) is 15.0. The molecule has 3 rings (SSSR count). The molecule has 2 aromatic rings. The molecule has 3 amide bonds. The summed E-state index contributed by atoms with van der Waals surface area (Å²) in [5.74, 6) is -1.96. The fourth-order valence-electron chi connectivity index (χ4n) is 5.00. The maximum Gasteiger partial charge on any atom is 0.255 e. The van der Waals surface area contributed by atoms with Gasteiger partial charge in [-0.2, -0.15) is 0 Å². The van der Waals surface area contributed by atoms with Crippen LogP contribution in [-0.4, -0.2) is 158 Å². The molecule has 16 nitrogen and oxygen atoms in total. The lowest BCUT2D eigenvalue weighted by atomic mass is 9.95. The molecule has 19 heteroatoms. The number of hydrogen-bond acceptors (Lipinski definition) is 13. The summed E-state index contributed by atoms with van der Waals surface area (Å²) >= 11 is 5.79. The normalized spacial score (nSPS) is 22.1. The number of carbonyl (C=O) groups is 3. The number of aliphatic hydroxyl groups excluding tert-OH is 8. The van der Waals surface area contributed by atoms with Crippen molar-refractivity contribution in [3.05, 3.63) is 45.6 Å². The van der Waals surface area contributed by atoms with Crippen LogP contribution >= 0.6 is 67.8 Å². The number of anilines is 1. The van der Waals surface area contributed by atoms with Crippen LogP contribution in [-0.2, 0) is 4.74 Å². The topological polar surface area (TPSA) is 267 Å². The summed E-state index contributed by atoms with van der Waals surface area (Å²) in [6.45, 7) is -2.26. The Hall–Kier alpha value is -1.52. The van der Waals surface area contributed by atoms with Crippen LogP contribution in [0.1, 0.15) is 31.1 Å². The smallest absolute Gasteiger partial charge is 0.255 e. The van der Waals surface area contributed by atoms with Gasteiger partial charge in [0.25, 0.3) is 17.7 Å². The van der Waals surface area contributed by atoms with Gasteiger partial charge in [-0.3, -0.25) is 14.4 Å². The highest BCUT2D eigenvalue weighted by molar-refractivity contribution is 14.1. The molecule has 0 radical (unpaired) electrons. The molecule has 11 N–H and O–H groups in total. The molecule has 7 atom stereocenters. The SMILES string of the molecule is CN(CC(O)CO)C(=O)c1c(I)c(C(=O)N(C)CC(O)CO)c(I)c(-c2ccc(C(=O)NC3C(O)OC(CO)C(O)C3O)c(N)c2)c1I. The third-order valence-electron chi connectivity index (χ3n) is 7.61. The van der Waals surface area contributed by atoms with E-state index < -0.39 is 80.4 Å². The van der Waals surface area contributed by atoms with Gasteiger partial charge in [0.15, 0.2) is 6.29 Å². The highest BCUT2D eigenvalue weighted by atomic mass is 127. The average Bonchev–Trinajstić information content (AvgIpc) is 3.04. The standard InChI is InChI=1S/C29H37I3N4O12/c1-35(6-12(40)8-37)27(45)18-20(30)17(21(31)19(22(18)32)28(46)36(2)7-13(41)9-38)11-3-4-14(15(33)5-11)26(44)34-23-25(43)24(42)16(10-39)48-29(23)47/h3-5,12-13,16,23-25,29,37-43,47H,6-10,33H2,1-2H3,(H,34,44). The van der Waals surface area contributed by atoms with Crippen LogP contribution in [0.3, 0.4) is 0 Å². The van der Waals surface area contributed by atoms with Gasteiger partial charge in [0.05, 0.1) is 48.7 Å². The maximum atomic E-state index is 13.8. The lowest BCUT2D eigenvalue weighted by Gasteiger charge is -2.40. The predicted octanol–water partition coefficient (Wildman–Crippen LogP) is -1.87. The van der Waals surface area contributed by atoms with Crippen LogP contribution in [0.5, 0.6) is 0 Å². The van der Waals surface area contributed by atoms with Gasteiger partial charge in [-0.05, 0) is 85.5 Å². The van der Waals surface area contributed by atoms with Gasteiger partial charge in [-0.25, -0.2) is 0 Å². The molecule has 1 aliphatic rings. The highest BCUT2D eigenvalue weighted by Crippen LogP contribution is 2.40. The molecule has 48 heavy (non-hydrogen) atoms. The van der Waals surface area contributed by atoms with E-state index in [-0.39, 0.29) is 39.0 Å². The van der Waals surface area contributed by atoms with Crippen molar-refractivity contribution in [1.29, 1.82) is 0 Å². The molecule has 1 heterocycles. The molecule has 1 fully saturated rings. The first kappa shape index (κ1) is 40.9. The van der Waals surface area contributed by atoms with E-state index in [4.69, 9.17) is 10.5 Å². The van der Waals surface area contributed by atoms with Crippen molar-refractivity contribution >= 4 is 91.2 Å². The molecular weight excluding hydrogens is 977 g/mol. The van der Waals surface area contributed by atoms with Gasteiger partial charge < -0.3 is 66.4 Å². The van der Waals surface area contributed by atoms with Crippen molar-refractivity contribution in [3.63, 3.8) is 0 Å². The Balaban J connectivity index is 2.12. The van der Waals surface area contributed by atoms with Crippen LogP contribution in [0.25, 0.3) is 11.1 Å². The molecule has 7 unspecified atom stereocenters. The third kappa shape index (κ3) is 8.85. The maximum absolute atomic E-state index is 13.8. The second-order valence-electron chi connectivity index (χ2n) is 11.1. The number of carbonyl (C=O) groups excluding carboxylic acids is 3. The number of hydrogen-bond donors (Lipinski definition) is 10. The summed E-state index contributed by atoms with van der Waals surface area (Å²) in [5, 5.41) is 81.1. The zero-order chi connectivity index (χ0) is 36.2. The van der Waals surface area contributed by atoms with Crippen molar-refractivity contribution in [2.24, 2.45) is 0 Å². The Morgan fingerprint density at radius 2 is 1.38 bits per heavy atom. The molecule has 0 bridgehead atoms. The second-order valence-corrected chi connectivity index (χ2v) is 14.4. The lowest BCUT2D eigenvalue weighted by Crippen LogP contribution is -2.64. The average molecular weight is 1010 g/mol. The third-order valence-corrected chi connectivity index (χ3v) is 10.8. The first-order valence-electron chi connectivity index (χ1n) is 14.3. The first-order valence-corrected chi connectivity index (χ1v) is 17.5. The Bertz CT molecular complexity index is 1460. The van der Waals surface area contributed by atoms with E-state index in [1.165, 1.54) is 42.1 Å². The Labute approximate surface area is 316 Å². The number of halogens is 3. The van der Waals surface area contributed by atoms with Crippen molar-refractivity contribution in [1.82, 2.24) is 15.1 Å². The van der Waals surface area contributed by atoms with E-state index in [2.05, 4.69) is 5.32 Å². The number of nitrogens with two attached hydrogens (primary N) is 1. The molecule has 1 saturated heterocycles. The van der Waals surface area contributed by atoms with E-state index >= 15 is 0 Å². The van der Waals surface area contributed by atoms with Gasteiger partial charge in [0.2, 0.25) is 0 Å². The summed E-state index contributed by atoms with van der Waals surface area (Å²) in [6, 6.07) is 2.84. The number of benzene rings is 2. The monoisotopic (exact) mass is 1010 g/mol. The molecule has 0 saturated carbocycles. The number of likely N-dealkylation sites (N-methyl/N-ethyl adjacent to an activating group) is 2. The van der Waals surface area contributed by atoms with Gasteiger partial charge in [-0.15, -0.1) is 0 Å². The Morgan fingerprint density at radius 1 is 0.875 bits per heavy atom. The molecule has 0 aromatic heterocycles. The van der Waals surface area contributed by atoms with Gasteiger partial charge in [0.1, 0.15) is 24.4 Å². The van der Waals surface area contributed by atoms with Gasteiger partial charge in [0, 0.05) is 49.1 Å². The minimum absolute atomic E-state index is 0.0586. The second kappa shape index (κ2) is 17.6. The number of nitrogen functional groups attached to an aromatic ring is 1. The fourth-order valence-corrected chi connectivity index (χ4v) is 9.71. The molecule has 2 aromatic carbocycles. The van der Waals surface area contributed by atoms with E-state index in [1.54, 1.807) is 0 Å². The Morgan fingerprint density at radius 3 is 1.81 bits per heavy atom. The molecule has 0 spiro atoms. The number of rotatable bonds is 12. The molecular formula is C29H37I3N4O12. The summed E-state index contributed by atoms with van der Waals surface area (Å²) < 4.78 is 6.18. The zero-order valence-electron chi connectivity index (χ0n) is 25.6. The number of ether oxygens (including phenoxy) is 1. The minimum atomic E-state index is -1.75. The van der Waals surface area contributed by atoms with E-state index in [0.717, 1.165) is 0 Å². The summed E-state index contributed by atoms with van der Waals surface area (Å²) in [7, 11) is 2.85. The van der Waals surface area contributed by atoms with Crippen LogP contribution in [0.4, 0.5) is 5.69 Å². The van der Waals surface area contributed by atoms with E-state index in [9.17, 15) is 55.2 Å². The summed E-state index contributed by atoms with van der Waals surface area (Å²) in [5.41, 5.74) is 7.20. The number of nitrogens with one attached hydrogen (secondary N) is 1. The summed E-state index contributed by atoms with van der Waals surface area (Å²) in [4.78, 5) is 43.1. The lowest BCUT2D eigenvalue weighted by molar-refractivity contribution is -0.252. The quantitative estimate of drug-likeness (QED) is 0.0827. The number of amides is 3. The molecule has 1 aliphatic heterocycles. The molecule has 0 aliphatic carbocycles. The van der Waals surface area contributed by atoms with Crippen LogP contribution in [0.2, 0.25) is 0 Å². The van der Waals surface area contributed by atoms with Crippen molar-refractivity contribution in [2.75, 3.05) is 52.7 Å². The van der Waals surface area contributed by atoms with E-state index in [1.807, 2.05) is 67.8 Å². The number of nitrogens with zero attached hydrogens (tertiary/aromatic N) is 2. The van der Waals surface area contributed by atoms with E-state index in [0.29, 0.717) is 18.3 Å². The van der Waals surface area contributed by atoms with Crippen molar-refractivity contribution in [3.8, 4) is 11.1 Å². The largest absolute Gasteiger partial charge is 0.398 e. The molecule has 266 valence electrons. The minimum Gasteiger partial charge on any atom is -0.398 e. The van der Waals surface area contributed by atoms with Crippen molar-refractivity contribution < 1.29 is 60.0 Å². The highest BCUT2D eigenvalue weighted by Gasteiger charge is 2.44. The van der Waals surface area contributed by atoms with Crippen LogP contribution in [0.15, 0.2) is 18.2 Å². The number of aliphatic hydroxyl groups is 8. The van der Waals surface area contributed by atoms with Crippen LogP contribution in [0, 0.1) is 10.7 Å².